The Balaban J connectivity index is 2.16. The molecule has 0 aliphatic carbocycles. The normalized spacial score (nSPS) is 22.3. The number of benzene rings is 1. The molecule has 1 heterocycles. The number of ether oxygens (including phenoxy) is 2. The molecule has 5 nitrogen and oxygen atoms in total. The predicted molar refractivity (Wildman–Crippen MR) is 71.5 cm³/mol. The van der Waals surface area contributed by atoms with E-state index in [-0.39, 0.29) is 6.10 Å². The zero-order valence-corrected chi connectivity index (χ0v) is 12.3. The first-order chi connectivity index (χ1) is 9.16. The van der Waals surface area contributed by atoms with Crippen molar-refractivity contribution in [3.8, 4) is 5.75 Å². The number of hydrogen-bond donors (Lipinski definition) is 0. The summed E-state index contributed by atoms with van der Waals surface area (Å²) in [5.41, 5.74) is 0.870. The van der Waals surface area contributed by atoms with Gasteiger partial charge in [-0.2, -0.15) is 0 Å². The zero-order chi connectivity index (χ0) is 13.9. The summed E-state index contributed by atoms with van der Waals surface area (Å²) < 4.78 is 33.9. The minimum atomic E-state index is -3.21. The van der Waals surface area contributed by atoms with E-state index in [2.05, 4.69) is 0 Å². The second-order valence-electron chi connectivity index (χ2n) is 4.06. The summed E-state index contributed by atoms with van der Waals surface area (Å²) in [7, 11) is -1.61. The Morgan fingerprint density at radius 3 is 2.42 bits per heavy atom. The molecule has 0 radical (unpaired) electrons. The van der Waals surface area contributed by atoms with Gasteiger partial charge in [-0.15, -0.1) is 0 Å². The van der Waals surface area contributed by atoms with Gasteiger partial charge >= 0.3 is 7.60 Å². The summed E-state index contributed by atoms with van der Waals surface area (Å²) in [4.78, 5) is 0. The van der Waals surface area contributed by atoms with Crippen molar-refractivity contribution in [3.63, 3.8) is 0 Å². The molecule has 19 heavy (non-hydrogen) atoms. The summed E-state index contributed by atoms with van der Waals surface area (Å²) in [6.45, 7) is 4.23. The monoisotopic (exact) mass is 286 g/mol. The van der Waals surface area contributed by atoms with Gasteiger partial charge in [0.25, 0.3) is 0 Å². The van der Waals surface area contributed by atoms with Crippen LogP contribution in [0.15, 0.2) is 24.3 Å². The van der Waals surface area contributed by atoms with Crippen LogP contribution in [0.2, 0.25) is 0 Å². The lowest BCUT2D eigenvalue weighted by Crippen LogP contribution is -2.02. The second-order valence-corrected chi connectivity index (χ2v) is 6.17. The van der Waals surface area contributed by atoms with Crippen molar-refractivity contribution in [2.24, 2.45) is 0 Å². The summed E-state index contributed by atoms with van der Waals surface area (Å²) in [5.74, 6) is 0.179. The molecule has 1 fully saturated rings. The van der Waals surface area contributed by atoms with E-state index in [1.54, 1.807) is 21.0 Å². The number of hydrogen-bond acceptors (Lipinski definition) is 5. The molecule has 0 unspecified atom stereocenters. The van der Waals surface area contributed by atoms with Gasteiger partial charge in [-0.05, 0) is 19.9 Å². The molecule has 1 saturated heterocycles. The minimum Gasteiger partial charge on any atom is -0.496 e. The molecule has 1 aromatic rings. The highest BCUT2D eigenvalue weighted by atomic mass is 31.2. The molecule has 2 rings (SSSR count). The molecule has 6 heteroatoms. The maximum atomic E-state index is 12.5. The summed E-state index contributed by atoms with van der Waals surface area (Å²) >= 11 is 0. The van der Waals surface area contributed by atoms with Gasteiger partial charge in [0.05, 0.1) is 20.3 Å². The summed E-state index contributed by atoms with van der Waals surface area (Å²) in [5, 5.41) is 0. The number of rotatable bonds is 7. The molecule has 0 N–H and O–H groups in total. The number of para-hydroxylation sites is 1. The molecule has 0 aromatic heterocycles. The van der Waals surface area contributed by atoms with Crippen molar-refractivity contribution in [3.05, 3.63) is 29.8 Å². The summed E-state index contributed by atoms with van der Waals surface area (Å²) in [6.07, 6.45) is -0.292. The van der Waals surface area contributed by atoms with Crippen LogP contribution in [0.25, 0.3) is 0 Å². The van der Waals surface area contributed by atoms with Gasteiger partial charge in [-0.3, -0.25) is 4.57 Å². The first kappa shape index (κ1) is 14.5. The van der Waals surface area contributed by atoms with E-state index in [0.717, 1.165) is 11.3 Å². The van der Waals surface area contributed by atoms with E-state index < -0.39 is 13.4 Å². The standard InChI is InChI=1S/C13H19O5P/c1-4-16-19(14,17-5-2)13-12(18-13)10-8-6-7-9-11(10)15-3/h6-9,12-13H,4-5H2,1-3H3/t12-,13-/m1/s1. The maximum absolute atomic E-state index is 12.5. The summed E-state index contributed by atoms with van der Waals surface area (Å²) in [6, 6.07) is 7.51. The molecule has 0 amide bonds. The van der Waals surface area contributed by atoms with E-state index in [0.29, 0.717) is 13.2 Å². The molecular formula is C13H19O5P. The third kappa shape index (κ3) is 3.00. The SMILES string of the molecule is CCOP(=O)(OCC)[C@H]1O[C@@H]1c1ccccc1OC. The zero-order valence-electron chi connectivity index (χ0n) is 11.4. The van der Waals surface area contributed by atoms with E-state index in [9.17, 15) is 4.57 Å². The van der Waals surface area contributed by atoms with Gasteiger partial charge in [0.2, 0.25) is 0 Å². The van der Waals surface area contributed by atoms with Crippen LogP contribution >= 0.6 is 7.60 Å². The molecule has 0 saturated carbocycles. The molecular weight excluding hydrogens is 267 g/mol. The first-order valence-corrected chi connectivity index (χ1v) is 7.94. The van der Waals surface area contributed by atoms with Crippen LogP contribution in [0, 0.1) is 0 Å². The van der Waals surface area contributed by atoms with E-state index in [4.69, 9.17) is 18.5 Å². The molecule has 106 valence electrons. The van der Waals surface area contributed by atoms with Crippen molar-refractivity contribution in [1.82, 2.24) is 0 Å². The van der Waals surface area contributed by atoms with Gasteiger partial charge < -0.3 is 18.5 Å². The lowest BCUT2D eigenvalue weighted by molar-refractivity contribution is 0.208. The highest BCUT2D eigenvalue weighted by Gasteiger charge is 2.56. The molecule has 0 spiro atoms. The Hall–Kier alpha value is -0.870. The van der Waals surface area contributed by atoms with Crippen molar-refractivity contribution in [1.29, 1.82) is 0 Å². The van der Waals surface area contributed by atoms with Crippen molar-refractivity contribution >= 4 is 7.60 Å². The maximum Gasteiger partial charge on any atom is 0.362 e. The Kier molecular flexibility index (Phi) is 4.63. The molecule has 2 atom stereocenters. The van der Waals surface area contributed by atoms with Gasteiger partial charge in [-0.25, -0.2) is 0 Å². The molecule has 0 bridgehead atoms. The van der Waals surface area contributed by atoms with Crippen LogP contribution in [0.1, 0.15) is 25.5 Å². The highest BCUT2D eigenvalue weighted by molar-refractivity contribution is 7.54. The van der Waals surface area contributed by atoms with Crippen LogP contribution in [0.4, 0.5) is 0 Å². The van der Waals surface area contributed by atoms with Crippen LogP contribution in [-0.2, 0) is 18.3 Å². The number of epoxide rings is 1. The van der Waals surface area contributed by atoms with Crippen molar-refractivity contribution < 1.29 is 23.1 Å². The average molecular weight is 286 g/mol. The second kappa shape index (κ2) is 6.06. The Bertz CT molecular complexity index is 466. The first-order valence-electron chi connectivity index (χ1n) is 6.33. The molecule has 1 aliphatic rings. The minimum absolute atomic E-state index is 0.292. The largest absolute Gasteiger partial charge is 0.496 e. The average Bonchev–Trinajstić information content (AvgIpc) is 3.20. The topological polar surface area (TPSA) is 57.3 Å². The third-order valence-corrected chi connectivity index (χ3v) is 5.10. The third-order valence-electron chi connectivity index (χ3n) is 2.84. The Morgan fingerprint density at radius 1 is 1.21 bits per heavy atom. The van der Waals surface area contributed by atoms with E-state index in [1.807, 2.05) is 24.3 Å². The van der Waals surface area contributed by atoms with Crippen LogP contribution in [-0.4, -0.2) is 26.2 Å². The van der Waals surface area contributed by atoms with E-state index in [1.165, 1.54) is 0 Å². The van der Waals surface area contributed by atoms with Crippen molar-refractivity contribution in [2.45, 2.75) is 25.8 Å². The highest BCUT2D eigenvalue weighted by Crippen LogP contribution is 2.66. The molecule has 1 aromatic carbocycles. The predicted octanol–water partition coefficient (Wildman–Crippen LogP) is 3.36. The van der Waals surface area contributed by atoms with Gasteiger partial charge in [0.15, 0.2) is 5.85 Å². The fourth-order valence-corrected chi connectivity index (χ4v) is 3.88. The fourth-order valence-electron chi connectivity index (χ4n) is 2.02. The quantitative estimate of drug-likeness (QED) is 0.568. The van der Waals surface area contributed by atoms with Gasteiger partial charge in [0, 0.05) is 5.56 Å². The number of methoxy groups -OCH3 is 1. The van der Waals surface area contributed by atoms with Crippen LogP contribution in [0.3, 0.4) is 0 Å². The van der Waals surface area contributed by atoms with Crippen LogP contribution < -0.4 is 4.74 Å². The Labute approximate surface area is 113 Å². The lowest BCUT2D eigenvalue weighted by Gasteiger charge is -2.14. The van der Waals surface area contributed by atoms with Gasteiger partial charge in [-0.1, -0.05) is 18.2 Å². The molecule has 1 aliphatic heterocycles. The Morgan fingerprint density at radius 2 is 1.84 bits per heavy atom. The van der Waals surface area contributed by atoms with Gasteiger partial charge in [0.1, 0.15) is 11.9 Å². The van der Waals surface area contributed by atoms with Crippen LogP contribution in [0.5, 0.6) is 5.75 Å². The van der Waals surface area contributed by atoms with E-state index >= 15 is 0 Å². The lowest BCUT2D eigenvalue weighted by atomic mass is 10.1. The van der Waals surface area contributed by atoms with Crippen molar-refractivity contribution in [2.75, 3.05) is 20.3 Å². The smallest absolute Gasteiger partial charge is 0.362 e. The fraction of sp³-hybridized carbons (Fsp3) is 0.538.